The maximum absolute atomic E-state index is 12.9. The van der Waals surface area contributed by atoms with Crippen LogP contribution in [-0.4, -0.2) is 73.4 Å². The minimum absolute atomic E-state index is 0.0504. The summed E-state index contributed by atoms with van der Waals surface area (Å²) in [5.41, 5.74) is 0. The van der Waals surface area contributed by atoms with Crippen molar-refractivity contribution in [3.8, 4) is 0 Å². The molecule has 9 heteroatoms. The van der Waals surface area contributed by atoms with Crippen molar-refractivity contribution < 1.29 is 32.9 Å². The fourth-order valence-electron chi connectivity index (χ4n) is 6.04. The summed E-state index contributed by atoms with van der Waals surface area (Å²) in [5, 5.41) is 13.8. The van der Waals surface area contributed by atoms with Crippen LogP contribution >= 0.6 is 7.82 Å². The number of carbonyl (C=O) groups is 1. The van der Waals surface area contributed by atoms with E-state index in [-0.39, 0.29) is 19.1 Å². The van der Waals surface area contributed by atoms with E-state index in [0.717, 1.165) is 57.8 Å². The van der Waals surface area contributed by atoms with Gasteiger partial charge in [0.2, 0.25) is 5.91 Å². The van der Waals surface area contributed by atoms with E-state index >= 15 is 0 Å². The molecule has 326 valence electrons. The van der Waals surface area contributed by atoms with Gasteiger partial charge in [0.05, 0.1) is 39.9 Å². The minimum atomic E-state index is -4.35. The number of hydrogen-bond acceptors (Lipinski definition) is 5. The van der Waals surface area contributed by atoms with Crippen LogP contribution in [0.25, 0.3) is 0 Å². The number of quaternary nitrogens is 1. The van der Waals surface area contributed by atoms with E-state index in [1.807, 2.05) is 27.2 Å². The molecule has 0 rings (SSSR count). The molecule has 0 aliphatic heterocycles. The normalized spacial score (nSPS) is 14.9. The number of likely N-dealkylation sites (N-methyl/N-ethyl adjacent to an activating group) is 1. The van der Waals surface area contributed by atoms with Gasteiger partial charge in [-0.1, -0.05) is 158 Å². The van der Waals surface area contributed by atoms with Gasteiger partial charge in [0.15, 0.2) is 0 Å². The summed E-state index contributed by atoms with van der Waals surface area (Å²) in [7, 11) is 1.53. The molecule has 3 N–H and O–H groups in total. The van der Waals surface area contributed by atoms with Crippen molar-refractivity contribution in [2.75, 3.05) is 40.9 Å². The average molecular weight is 808 g/mol. The molecule has 8 nitrogen and oxygen atoms in total. The van der Waals surface area contributed by atoms with Gasteiger partial charge in [-0.2, -0.15) is 0 Å². The van der Waals surface area contributed by atoms with Crippen LogP contribution in [0.3, 0.4) is 0 Å². The SMILES string of the molecule is CCCCC/C=C/CC/C=C/CC/C=C/C(O)C(COP(=O)(O)OCC[N+](C)(C)C)NC(=O)CCCCCCCCCCC/C=C\C/C=C\CCCCCCC. The van der Waals surface area contributed by atoms with Crippen LogP contribution in [-0.2, 0) is 18.4 Å². The van der Waals surface area contributed by atoms with Gasteiger partial charge in [-0.3, -0.25) is 13.8 Å². The highest BCUT2D eigenvalue weighted by Gasteiger charge is 2.27. The van der Waals surface area contributed by atoms with Crippen LogP contribution in [0.5, 0.6) is 0 Å². The molecule has 0 heterocycles. The predicted octanol–water partition coefficient (Wildman–Crippen LogP) is 12.6. The smallest absolute Gasteiger partial charge is 0.387 e. The van der Waals surface area contributed by atoms with Crippen LogP contribution in [0, 0.1) is 0 Å². The molecule has 3 unspecified atom stereocenters. The molecule has 0 aromatic heterocycles. The Morgan fingerprint density at radius 2 is 1.04 bits per heavy atom. The van der Waals surface area contributed by atoms with E-state index in [2.05, 4.69) is 67.8 Å². The second-order valence-electron chi connectivity index (χ2n) is 16.4. The van der Waals surface area contributed by atoms with E-state index in [4.69, 9.17) is 9.05 Å². The van der Waals surface area contributed by atoms with Crippen LogP contribution in [0.1, 0.15) is 181 Å². The summed E-state index contributed by atoms with van der Waals surface area (Å²) >= 11 is 0. The molecule has 1 amide bonds. The fraction of sp³-hybridized carbons (Fsp3) is 0.766. The van der Waals surface area contributed by atoms with Crippen molar-refractivity contribution in [2.24, 2.45) is 0 Å². The number of hydrogen-bond donors (Lipinski definition) is 3. The fourth-order valence-corrected chi connectivity index (χ4v) is 6.78. The van der Waals surface area contributed by atoms with Gasteiger partial charge < -0.3 is 19.8 Å². The van der Waals surface area contributed by atoms with E-state index < -0.39 is 20.0 Å². The number of rotatable bonds is 40. The maximum atomic E-state index is 12.9. The Bertz CT molecular complexity index is 1100. The van der Waals surface area contributed by atoms with Gasteiger partial charge in [-0.25, -0.2) is 4.57 Å². The van der Waals surface area contributed by atoms with E-state index in [0.29, 0.717) is 17.4 Å². The zero-order valence-corrected chi connectivity index (χ0v) is 37.8. The zero-order valence-electron chi connectivity index (χ0n) is 36.9. The first kappa shape index (κ1) is 54.2. The molecule has 0 saturated heterocycles. The van der Waals surface area contributed by atoms with Crippen molar-refractivity contribution in [3.05, 3.63) is 60.8 Å². The lowest BCUT2D eigenvalue weighted by atomic mass is 10.1. The number of unbranched alkanes of at least 4 members (excludes halogenated alkanes) is 19. The van der Waals surface area contributed by atoms with Gasteiger partial charge in [0.25, 0.3) is 0 Å². The first-order chi connectivity index (χ1) is 27.0. The van der Waals surface area contributed by atoms with Crippen molar-refractivity contribution >= 4 is 13.7 Å². The standard InChI is InChI=1S/C47H87N2O6P/c1-6-8-10-12-14-16-18-20-21-22-23-24-25-26-27-29-31-33-35-37-39-41-47(51)48-45(44-55-56(52,53)54-43-42-49(3,4)5)46(50)40-38-36-34-32-30-28-19-17-15-13-11-9-7-2/h15,17-18,20,22-23,30,32,38,40,45-46,50H,6-14,16,19,21,24-29,31,33-37,39,41-44H2,1-5H3,(H-,48,51,52,53)/p+1/b17-15+,20-18-,23-22-,32-30+,40-38+. The number of aliphatic hydroxyl groups excluding tert-OH is 1. The third kappa shape index (κ3) is 40.4. The topological polar surface area (TPSA) is 105 Å². The van der Waals surface area contributed by atoms with Gasteiger partial charge in [-0.05, 0) is 77.0 Å². The predicted molar refractivity (Wildman–Crippen MR) is 240 cm³/mol. The molecule has 0 aliphatic carbocycles. The zero-order chi connectivity index (χ0) is 41.4. The van der Waals surface area contributed by atoms with E-state index in [1.165, 1.54) is 103 Å². The molecule has 56 heavy (non-hydrogen) atoms. The Morgan fingerprint density at radius 3 is 1.57 bits per heavy atom. The summed E-state index contributed by atoms with van der Waals surface area (Å²) in [6.07, 6.45) is 50.1. The Hall–Kier alpha value is -1.80. The van der Waals surface area contributed by atoms with E-state index in [1.54, 1.807) is 6.08 Å². The molecular formula is C47H88N2O6P+. The third-order valence-electron chi connectivity index (χ3n) is 9.69. The number of carbonyl (C=O) groups excluding carboxylic acids is 1. The molecule has 0 radical (unpaired) electrons. The second-order valence-corrected chi connectivity index (χ2v) is 17.9. The minimum Gasteiger partial charge on any atom is -0.387 e. The molecule has 0 saturated carbocycles. The Kier molecular flexibility index (Phi) is 37.5. The first-order valence-corrected chi connectivity index (χ1v) is 24.2. The lowest BCUT2D eigenvalue weighted by Crippen LogP contribution is -2.45. The summed E-state index contributed by atoms with van der Waals surface area (Å²) in [6.45, 7) is 4.72. The molecule has 0 aromatic carbocycles. The number of aliphatic hydroxyl groups is 1. The summed E-state index contributed by atoms with van der Waals surface area (Å²) in [6, 6.07) is -0.872. The van der Waals surface area contributed by atoms with Crippen LogP contribution in [0.15, 0.2) is 60.8 Å². The van der Waals surface area contributed by atoms with Crippen LogP contribution in [0.4, 0.5) is 0 Å². The molecule has 3 atom stereocenters. The number of allylic oxidation sites excluding steroid dienone is 9. The van der Waals surface area contributed by atoms with Crippen molar-refractivity contribution in [1.29, 1.82) is 0 Å². The van der Waals surface area contributed by atoms with E-state index in [9.17, 15) is 19.4 Å². The Morgan fingerprint density at radius 1 is 0.607 bits per heavy atom. The highest BCUT2D eigenvalue weighted by Crippen LogP contribution is 2.43. The highest BCUT2D eigenvalue weighted by atomic mass is 31.2. The van der Waals surface area contributed by atoms with Gasteiger partial charge in [0.1, 0.15) is 13.2 Å². The molecule has 0 bridgehead atoms. The Labute approximate surface area is 345 Å². The van der Waals surface area contributed by atoms with Gasteiger partial charge in [0, 0.05) is 6.42 Å². The summed E-state index contributed by atoms with van der Waals surface area (Å²) < 4.78 is 23.5. The number of amides is 1. The molecular weight excluding hydrogens is 719 g/mol. The van der Waals surface area contributed by atoms with Crippen molar-refractivity contribution in [1.82, 2.24) is 5.32 Å². The van der Waals surface area contributed by atoms with Crippen molar-refractivity contribution in [3.63, 3.8) is 0 Å². The lowest BCUT2D eigenvalue weighted by Gasteiger charge is -2.25. The van der Waals surface area contributed by atoms with Crippen LogP contribution < -0.4 is 5.32 Å². The second kappa shape index (κ2) is 38.7. The number of phosphoric acid groups is 1. The molecule has 0 spiro atoms. The molecule has 0 fully saturated rings. The molecule has 0 aliphatic rings. The average Bonchev–Trinajstić information content (AvgIpc) is 3.15. The number of nitrogens with one attached hydrogen (secondary N) is 1. The monoisotopic (exact) mass is 808 g/mol. The summed E-state index contributed by atoms with van der Waals surface area (Å²) in [4.78, 5) is 23.1. The molecule has 0 aromatic rings. The third-order valence-corrected chi connectivity index (χ3v) is 10.7. The van der Waals surface area contributed by atoms with Gasteiger partial charge >= 0.3 is 7.82 Å². The van der Waals surface area contributed by atoms with Crippen LogP contribution in [0.2, 0.25) is 0 Å². The quantitative estimate of drug-likeness (QED) is 0.0246. The Balaban J connectivity index is 4.41. The van der Waals surface area contributed by atoms with Crippen molar-refractivity contribution in [2.45, 2.75) is 193 Å². The first-order valence-electron chi connectivity index (χ1n) is 22.7. The largest absolute Gasteiger partial charge is 0.472 e. The summed E-state index contributed by atoms with van der Waals surface area (Å²) in [5.74, 6) is -0.199. The lowest BCUT2D eigenvalue weighted by molar-refractivity contribution is -0.870. The maximum Gasteiger partial charge on any atom is 0.472 e. The highest BCUT2D eigenvalue weighted by molar-refractivity contribution is 7.47. The van der Waals surface area contributed by atoms with Gasteiger partial charge in [-0.15, -0.1) is 0 Å². The number of phosphoric ester groups is 1. The number of nitrogens with zero attached hydrogens (tertiary/aromatic N) is 1.